The van der Waals surface area contributed by atoms with Crippen LogP contribution in [0, 0.1) is 11.6 Å². The minimum Gasteiger partial charge on any atom is -0.486 e. The zero-order valence-electron chi connectivity index (χ0n) is 13.4. The van der Waals surface area contributed by atoms with Crippen molar-refractivity contribution in [3.05, 3.63) is 53.6 Å². The summed E-state index contributed by atoms with van der Waals surface area (Å²) in [5.74, 6) is -0.996. The van der Waals surface area contributed by atoms with Crippen molar-refractivity contribution >= 4 is 11.6 Å². The minimum absolute atomic E-state index is 0.434. The summed E-state index contributed by atoms with van der Waals surface area (Å²) in [7, 11) is 0. The van der Waals surface area contributed by atoms with Crippen molar-refractivity contribution in [3.63, 3.8) is 0 Å². The SMILES string of the molecule is CC(C)(C(=O)Nc1c(F)cccc1F)c1ccc2c(c1)OCCO2. The fourth-order valence-corrected chi connectivity index (χ4v) is 2.45. The summed E-state index contributed by atoms with van der Waals surface area (Å²) in [5.41, 5.74) is -0.820. The zero-order chi connectivity index (χ0) is 17.3. The van der Waals surface area contributed by atoms with Gasteiger partial charge in [0.1, 0.15) is 30.5 Å². The van der Waals surface area contributed by atoms with Gasteiger partial charge in [-0.1, -0.05) is 12.1 Å². The van der Waals surface area contributed by atoms with Gasteiger partial charge in [-0.2, -0.15) is 0 Å². The van der Waals surface area contributed by atoms with E-state index in [1.54, 1.807) is 32.0 Å². The quantitative estimate of drug-likeness (QED) is 0.933. The Morgan fingerprint density at radius 3 is 2.33 bits per heavy atom. The highest BCUT2D eigenvalue weighted by Crippen LogP contribution is 2.36. The van der Waals surface area contributed by atoms with Gasteiger partial charge in [-0.15, -0.1) is 0 Å². The summed E-state index contributed by atoms with van der Waals surface area (Å²) in [4.78, 5) is 12.6. The van der Waals surface area contributed by atoms with Crippen molar-refractivity contribution in [3.8, 4) is 11.5 Å². The average molecular weight is 333 g/mol. The molecule has 1 aliphatic heterocycles. The molecule has 1 heterocycles. The van der Waals surface area contributed by atoms with Gasteiger partial charge in [0.15, 0.2) is 11.5 Å². The smallest absolute Gasteiger partial charge is 0.234 e. The molecule has 0 saturated heterocycles. The average Bonchev–Trinajstić information content (AvgIpc) is 2.57. The van der Waals surface area contributed by atoms with Crippen LogP contribution in [0.4, 0.5) is 14.5 Å². The van der Waals surface area contributed by atoms with Crippen molar-refractivity contribution in [2.24, 2.45) is 0 Å². The molecule has 0 saturated carbocycles. The first-order valence-electron chi connectivity index (χ1n) is 7.55. The van der Waals surface area contributed by atoms with Gasteiger partial charge < -0.3 is 14.8 Å². The van der Waals surface area contributed by atoms with E-state index in [0.717, 1.165) is 12.1 Å². The first-order chi connectivity index (χ1) is 11.4. The molecule has 24 heavy (non-hydrogen) atoms. The van der Waals surface area contributed by atoms with E-state index in [-0.39, 0.29) is 0 Å². The second kappa shape index (κ2) is 6.11. The Kier molecular flexibility index (Phi) is 4.13. The number of benzene rings is 2. The lowest BCUT2D eigenvalue weighted by Crippen LogP contribution is -2.35. The van der Waals surface area contributed by atoms with Crippen molar-refractivity contribution in [1.82, 2.24) is 0 Å². The normalized spacial score (nSPS) is 13.5. The van der Waals surface area contributed by atoms with E-state index >= 15 is 0 Å². The monoisotopic (exact) mass is 333 g/mol. The number of hydrogen-bond donors (Lipinski definition) is 1. The van der Waals surface area contributed by atoms with Gasteiger partial charge in [0.05, 0.1) is 5.41 Å². The van der Waals surface area contributed by atoms with E-state index in [1.807, 2.05) is 0 Å². The number of ether oxygens (including phenoxy) is 2. The number of rotatable bonds is 3. The third kappa shape index (κ3) is 2.91. The van der Waals surface area contributed by atoms with Crippen LogP contribution in [0.3, 0.4) is 0 Å². The summed E-state index contributed by atoms with van der Waals surface area (Å²) in [6.45, 7) is 4.26. The number of nitrogens with one attached hydrogen (secondary N) is 1. The maximum Gasteiger partial charge on any atom is 0.234 e. The second-order valence-corrected chi connectivity index (χ2v) is 6.03. The van der Waals surface area contributed by atoms with Crippen LogP contribution < -0.4 is 14.8 Å². The Hall–Kier alpha value is -2.63. The summed E-state index contributed by atoms with van der Waals surface area (Å²) >= 11 is 0. The summed E-state index contributed by atoms with van der Waals surface area (Å²) in [6.07, 6.45) is 0. The van der Waals surface area contributed by atoms with E-state index in [2.05, 4.69) is 5.32 Å². The van der Waals surface area contributed by atoms with Crippen LogP contribution in [0.15, 0.2) is 36.4 Å². The summed E-state index contributed by atoms with van der Waals surface area (Å²) in [6, 6.07) is 8.61. The molecule has 0 aliphatic carbocycles. The number of fused-ring (bicyclic) bond motifs is 1. The Bertz CT molecular complexity index is 770. The number of halogens is 2. The molecule has 0 bridgehead atoms. The predicted octanol–water partition coefficient (Wildman–Crippen LogP) is 3.65. The van der Waals surface area contributed by atoms with E-state index in [9.17, 15) is 13.6 Å². The first kappa shape index (κ1) is 16.2. The summed E-state index contributed by atoms with van der Waals surface area (Å²) < 4.78 is 38.4. The van der Waals surface area contributed by atoms with Crippen LogP contribution in [-0.4, -0.2) is 19.1 Å². The van der Waals surface area contributed by atoms with Gasteiger partial charge in [-0.05, 0) is 43.7 Å². The van der Waals surface area contributed by atoms with Gasteiger partial charge in [0.25, 0.3) is 0 Å². The number of hydrogen-bond acceptors (Lipinski definition) is 3. The van der Waals surface area contributed by atoms with Crippen LogP contribution in [0.2, 0.25) is 0 Å². The fraction of sp³-hybridized carbons (Fsp3) is 0.278. The molecule has 0 radical (unpaired) electrons. The maximum atomic E-state index is 13.7. The van der Waals surface area contributed by atoms with Crippen LogP contribution in [0.5, 0.6) is 11.5 Å². The van der Waals surface area contributed by atoms with Crippen LogP contribution in [-0.2, 0) is 10.2 Å². The lowest BCUT2D eigenvalue weighted by molar-refractivity contribution is -0.120. The predicted molar refractivity (Wildman–Crippen MR) is 85.4 cm³/mol. The second-order valence-electron chi connectivity index (χ2n) is 6.03. The molecule has 1 N–H and O–H groups in total. The molecular weight excluding hydrogens is 316 g/mol. The molecule has 1 aliphatic rings. The Morgan fingerprint density at radius 2 is 1.67 bits per heavy atom. The van der Waals surface area contributed by atoms with Gasteiger partial charge in [-0.25, -0.2) is 8.78 Å². The molecule has 0 spiro atoms. The third-order valence-corrected chi connectivity index (χ3v) is 4.03. The van der Waals surface area contributed by atoms with E-state index in [4.69, 9.17) is 9.47 Å². The molecule has 4 nitrogen and oxygen atoms in total. The Morgan fingerprint density at radius 1 is 1.04 bits per heavy atom. The van der Waals surface area contributed by atoms with Crippen molar-refractivity contribution in [2.75, 3.05) is 18.5 Å². The molecule has 0 aromatic heterocycles. The largest absolute Gasteiger partial charge is 0.486 e. The minimum atomic E-state index is -1.02. The fourth-order valence-electron chi connectivity index (χ4n) is 2.45. The molecule has 6 heteroatoms. The third-order valence-electron chi connectivity index (χ3n) is 4.03. The summed E-state index contributed by atoms with van der Waals surface area (Å²) in [5, 5.41) is 2.34. The highest BCUT2D eigenvalue weighted by Gasteiger charge is 2.32. The topological polar surface area (TPSA) is 47.6 Å². The van der Waals surface area contributed by atoms with Crippen molar-refractivity contribution in [2.45, 2.75) is 19.3 Å². The van der Waals surface area contributed by atoms with Gasteiger partial charge in [0.2, 0.25) is 5.91 Å². The lowest BCUT2D eigenvalue weighted by Gasteiger charge is -2.26. The van der Waals surface area contributed by atoms with Crippen molar-refractivity contribution in [1.29, 1.82) is 0 Å². The molecule has 3 rings (SSSR count). The van der Waals surface area contributed by atoms with Gasteiger partial charge >= 0.3 is 0 Å². The maximum absolute atomic E-state index is 13.7. The standard InChI is InChI=1S/C18H17F2NO3/c1-18(2,11-6-7-14-15(10-11)24-9-8-23-14)17(22)21-16-12(19)4-3-5-13(16)20/h3-7,10H,8-9H2,1-2H3,(H,21,22). The van der Waals surface area contributed by atoms with Crippen LogP contribution in [0.1, 0.15) is 19.4 Å². The lowest BCUT2D eigenvalue weighted by atomic mass is 9.83. The molecule has 1 amide bonds. The molecule has 0 atom stereocenters. The molecule has 126 valence electrons. The van der Waals surface area contributed by atoms with E-state index < -0.39 is 28.6 Å². The Labute approximate surface area is 138 Å². The first-order valence-corrected chi connectivity index (χ1v) is 7.55. The number of para-hydroxylation sites is 1. The molecule has 0 unspecified atom stereocenters. The molecule has 0 fully saturated rings. The Balaban J connectivity index is 1.88. The van der Waals surface area contributed by atoms with E-state index in [1.165, 1.54) is 6.07 Å². The number of amides is 1. The van der Waals surface area contributed by atoms with Gasteiger partial charge in [0, 0.05) is 0 Å². The highest BCUT2D eigenvalue weighted by atomic mass is 19.1. The number of carbonyl (C=O) groups excluding carboxylic acids is 1. The van der Waals surface area contributed by atoms with Gasteiger partial charge in [-0.3, -0.25) is 4.79 Å². The molecule has 2 aromatic carbocycles. The van der Waals surface area contributed by atoms with Crippen LogP contribution >= 0.6 is 0 Å². The molecular formula is C18H17F2NO3. The highest BCUT2D eigenvalue weighted by molar-refractivity contribution is 5.98. The van der Waals surface area contributed by atoms with E-state index in [0.29, 0.717) is 30.3 Å². The van der Waals surface area contributed by atoms with Crippen LogP contribution in [0.25, 0.3) is 0 Å². The van der Waals surface area contributed by atoms with Crippen molar-refractivity contribution < 1.29 is 23.0 Å². The molecule has 2 aromatic rings. The zero-order valence-corrected chi connectivity index (χ0v) is 13.4. The number of anilines is 1. The number of carbonyl (C=O) groups is 1.